The number of amides is 1. The van der Waals surface area contributed by atoms with Crippen molar-refractivity contribution in [2.45, 2.75) is 32.4 Å². The molecule has 152 valence electrons. The monoisotopic (exact) mass is 392 g/mol. The van der Waals surface area contributed by atoms with Gasteiger partial charge in [-0.3, -0.25) is 14.5 Å². The van der Waals surface area contributed by atoms with Gasteiger partial charge in [-0.1, -0.05) is 54.1 Å². The predicted molar refractivity (Wildman–Crippen MR) is 116 cm³/mol. The van der Waals surface area contributed by atoms with Gasteiger partial charge >= 0.3 is 0 Å². The summed E-state index contributed by atoms with van der Waals surface area (Å²) < 4.78 is 1.55. The van der Waals surface area contributed by atoms with E-state index >= 15 is 0 Å². The van der Waals surface area contributed by atoms with Crippen molar-refractivity contribution in [1.82, 2.24) is 20.0 Å². The van der Waals surface area contributed by atoms with Crippen LogP contribution >= 0.6 is 0 Å². The Balaban J connectivity index is 1.64. The summed E-state index contributed by atoms with van der Waals surface area (Å²) in [5.74, 6) is 0. The minimum Gasteiger partial charge on any atom is -0.357 e. The van der Waals surface area contributed by atoms with Gasteiger partial charge in [-0.05, 0) is 25.8 Å². The molecule has 1 heterocycles. The van der Waals surface area contributed by atoms with Crippen molar-refractivity contribution in [3.63, 3.8) is 0 Å². The third-order valence-electron chi connectivity index (χ3n) is 5.08. The molecule has 1 unspecified atom stereocenters. The Labute approximate surface area is 171 Å². The Morgan fingerprint density at radius 1 is 1.17 bits per heavy atom. The molecule has 1 aromatic heterocycles. The van der Waals surface area contributed by atoms with Gasteiger partial charge in [-0.2, -0.15) is 5.10 Å². The lowest BCUT2D eigenvalue weighted by Crippen LogP contribution is -2.40. The number of allylic oxidation sites excluding steroid dienone is 2. The van der Waals surface area contributed by atoms with Gasteiger partial charge in [0.25, 0.3) is 5.56 Å². The quantitative estimate of drug-likeness (QED) is 0.498. The normalized spacial score (nSPS) is 15.6. The molecule has 0 fully saturated rings. The molecular weight excluding hydrogens is 364 g/mol. The van der Waals surface area contributed by atoms with Crippen molar-refractivity contribution in [3.8, 4) is 11.3 Å². The molecule has 6 nitrogen and oxygen atoms in total. The van der Waals surface area contributed by atoms with E-state index in [-0.39, 0.29) is 5.56 Å². The first-order valence-corrected chi connectivity index (χ1v) is 10.1. The predicted octanol–water partition coefficient (Wildman–Crippen LogP) is 2.54. The summed E-state index contributed by atoms with van der Waals surface area (Å²) >= 11 is 0. The van der Waals surface area contributed by atoms with Gasteiger partial charge in [-0.25, -0.2) is 4.68 Å². The number of aromatic nitrogens is 2. The Hall–Kier alpha value is -2.99. The summed E-state index contributed by atoms with van der Waals surface area (Å²) in [4.78, 5) is 25.2. The number of nitrogens with one attached hydrogen (secondary N) is 1. The van der Waals surface area contributed by atoms with Crippen LogP contribution in [-0.2, 0) is 11.3 Å². The zero-order valence-corrected chi connectivity index (χ0v) is 16.8. The first-order chi connectivity index (χ1) is 14.2. The molecule has 0 bridgehead atoms. The average Bonchev–Trinajstić information content (AvgIpc) is 2.75. The maximum Gasteiger partial charge on any atom is 0.266 e. The highest BCUT2D eigenvalue weighted by Crippen LogP contribution is 2.16. The van der Waals surface area contributed by atoms with E-state index in [4.69, 9.17) is 0 Å². The summed E-state index contributed by atoms with van der Waals surface area (Å²) in [5, 5.41) is 7.29. The maximum atomic E-state index is 12.3. The van der Waals surface area contributed by atoms with Crippen LogP contribution in [0.15, 0.2) is 65.5 Å². The number of nitrogens with zero attached hydrogens (tertiary/aromatic N) is 3. The maximum absolute atomic E-state index is 12.3. The Morgan fingerprint density at radius 3 is 2.72 bits per heavy atom. The largest absolute Gasteiger partial charge is 0.357 e. The van der Waals surface area contributed by atoms with Crippen molar-refractivity contribution >= 4 is 6.41 Å². The number of carbonyl (C=O) groups excluding carboxylic acids is 1. The molecule has 1 amide bonds. The Bertz CT molecular complexity index is 915. The van der Waals surface area contributed by atoms with Crippen LogP contribution in [0, 0.1) is 6.92 Å². The van der Waals surface area contributed by atoms with Crippen molar-refractivity contribution in [2.75, 3.05) is 19.6 Å². The van der Waals surface area contributed by atoms with Crippen LogP contribution < -0.4 is 10.9 Å². The van der Waals surface area contributed by atoms with Crippen LogP contribution in [0.1, 0.15) is 18.4 Å². The van der Waals surface area contributed by atoms with Gasteiger partial charge in [0.15, 0.2) is 0 Å². The fourth-order valence-corrected chi connectivity index (χ4v) is 3.46. The molecule has 1 aromatic carbocycles. The molecule has 1 aliphatic carbocycles. The van der Waals surface area contributed by atoms with Crippen LogP contribution in [0.3, 0.4) is 0 Å². The number of hydrogen-bond donors (Lipinski definition) is 1. The van der Waals surface area contributed by atoms with Gasteiger partial charge in [0.1, 0.15) is 0 Å². The first kappa shape index (κ1) is 20.7. The number of rotatable bonds is 10. The van der Waals surface area contributed by atoms with E-state index in [0.29, 0.717) is 19.1 Å². The molecule has 0 saturated heterocycles. The Morgan fingerprint density at radius 2 is 2.00 bits per heavy atom. The van der Waals surface area contributed by atoms with E-state index < -0.39 is 0 Å². The van der Waals surface area contributed by atoms with Gasteiger partial charge in [0.05, 0.1) is 5.69 Å². The second-order valence-electron chi connectivity index (χ2n) is 7.22. The van der Waals surface area contributed by atoms with Crippen LogP contribution in [-0.4, -0.2) is 46.8 Å². The molecule has 3 rings (SSSR count). The third kappa shape index (κ3) is 5.99. The highest BCUT2D eigenvalue weighted by atomic mass is 16.1. The van der Waals surface area contributed by atoms with Gasteiger partial charge < -0.3 is 5.32 Å². The van der Waals surface area contributed by atoms with Crippen LogP contribution in [0.25, 0.3) is 11.3 Å². The first-order valence-electron chi connectivity index (χ1n) is 10.1. The molecule has 1 N–H and O–H groups in total. The lowest BCUT2D eigenvalue weighted by molar-refractivity contribution is -0.109. The second kappa shape index (κ2) is 10.5. The third-order valence-corrected chi connectivity index (χ3v) is 5.08. The Kier molecular flexibility index (Phi) is 7.53. The minimum absolute atomic E-state index is 0.0875. The van der Waals surface area contributed by atoms with Crippen molar-refractivity contribution < 1.29 is 4.79 Å². The van der Waals surface area contributed by atoms with E-state index in [1.807, 2.05) is 31.2 Å². The fraction of sp³-hybridized carbons (Fsp3) is 0.348. The molecule has 6 heteroatoms. The highest BCUT2D eigenvalue weighted by molar-refractivity contribution is 5.58. The van der Waals surface area contributed by atoms with Crippen molar-refractivity contribution in [3.05, 3.63) is 76.6 Å². The fourth-order valence-electron chi connectivity index (χ4n) is 3.46. The topological polar surface area (TPSA) is 67.2 Å². The second-order valence-corrected chi connectivity index (χ2v) is 7.22. The van der Waals surface area contributed by atoms with Gasteiger partial charge in [0, 0.05) is 43.9 Å². The van der Waals surface area contributed by atoms with E-state index in [9.17, 15) is 9.59 Å². The van der Waals surface area contributed by atoms with Crippen molar-refractivity contribution in [1.29, 1.82) is 0 Å². The molecule has 29 heavy (non-hydrogen) atoms. The number of carbonyl (C=O) groups is 1. The molecule has 0 spiro atoms. The number of hydrogen-bond acceptors (Lipinski definition) is 4. The molecule has 1 atom stereocenters. The summed E-state index contributed by atoms with van der Waals surface area (Å²) in [6.45, 7) is 4.81. The molecule has 1 aliphatic rings. The lowest BCUT2D eigenvalue weighted by atomic mass is 10.1. The standard InChI is InChI=1S/C23H28N4O2/c1-19-8-10-20(11-9-19)22-12-13-23(29)27(25-22)16-5-15-26(17-14-24-18-28)21-6-3-2-4-7-21/h2-4,6,8-13,18,21H,5,7,14-17H2,1H3,(H,24,28). The minimum atomic E-state index is -0.0875. The zero-order chi connectivity index (χ0) is 20.5. The van der Waals surface area contributed by atoms with Crippen LogP contribution in [0.4, 0.5) is 0 Å². The smallest absolute Gasteiger partial charge is 0.266 e. The molecule has 0 aliphatic heterocycles. The average molecular weight is 393 g/mol. The molecule has 0 radical (unpaired) electrons. The highest BCUT2D eigenvalue weighted by Gasteiger charge is 2.15. The number of benzene rings is 1. The zero-order valence-electron chi connectivity index (χ0n) is 16.8. The van der Waals surface area contributed by atoms with Gasteiger partial charge in [0.2, 0.25) is 6.41 Å². The summed E-state index contributed by atoms with van der Waals surface area (Å²) in [6, 6.07) is 11.8. The van der Waals surface area contributed by atoms with E-state index in [0.717, 1.165) is 43.6 Å². The summed E-state index contributed by atoms with van der Waals surface area (Å²) in [6.07, 6.45) is 10.9. The van der Waals surface area contributed by atoms with E-state index in [2.05, 4.69) is 39.6 Å². The molecule has 2 aromatic rings. The molecule has 0 saturated carbocycles. The van der Waals surface area contributed by atoms with Crippen LogP contribution in [0.5, 0.6) is 0 Å². The van der Waals surface area contributed by atoms with E-state index in [1.54, 1.807) is 16.8 Å². The van der Waals surface area contributed by atoms with Crippen LogP contribution in [0.2, 0.25) is 0 Å². The summed E-state index contributed by atoms with van der Waals surface area (Å²) in [5.41, 5.74) is 2.91. The number of aryl methyl sites for hydroxylation is 2. The van der Waals surface area contributed by atoms with Gasteiger partial charge in [-0.15, -0.1) is 0 Å². The lowest BCUT2D eigenvalue weighted by Gasteiger charge is -2.30. The SMILES string of the molecule is Cc1ccc(-c2ccc(=O)n(CCCN(CCNC=O)C3C=CC=CC3)n2)cc1. The molecular formula is C23H28N4O2. The summed E-state index contributed by atoms with van der Waals surface area (Å²) in [7, 11) is 0. The van der Waals surface area contributed by atoms with E-state index in [1.165, 1.54) is 5.56 Å². The van der Waals surface area contributed by atoms with Crippen molar-refractivity contribution in [2.24, 2.45) is 0 Å².